The topological polar surface area (TPSA) is 85.1 Å². The highest BCUT2D eigenvalue weighted by Crippen LogP contribution is 2.04. The Morgan fingerprint density at radius 1 is 1.25 bits per heavy atom. The molecule has 1 aromatic heterocycles. The third-order valence-electron chi connectivity index (χ3n) is 3.36. The fourth-order valence-electron chi connectivity index (χ4n) is 2.22. The van der Waals surface area contributed by atoms with E-state index in [1.165, 1.54) is 5.56 Å². The lowest BCUT2D eigenvalue weighted by Crippen LogP contribution is -2.29. The molecule has 24 heavy (non-hydrogen) atoms. The van der Waals surface area contributed by atoms with E-state index in [0.29, 0.717) is 24.7 Å². The number of aromatic nitrogens is 2. The molecule has 0 aliphatic heterocycles. The summed E-state index contributed by atoms with van der Waals surface area (Å²) in [6.07, 6.45) is 3.39. The van der Waals surface area contributed by atoms with Crippen LogP contribution in [-0.4, -0.2) is 32.6 Å². The number of benzene rings is 1. The zero-order valence-corrected chi connectivity index (χ0v) is 14.7. The second kappa shape index (κ2) is 9.97. The smallest absolute Gasteiger partial charge is 0.232 e. The van der Waals surface area contributed by atoms with Gasteiger partial charge in [-0.1, -0.05) is 42.4 Å². The quantitative estimate of drug-likeness (QED) is 0.663. The van der Waals surface area contributed by atoms with Gasteiger partial charge in [-0.15, -0.1) is 0 Å². The summed E-state index contributed by atoms with van der Waals surface area (Å²) >= 11 is 0. The van der Waals surface area contributed by atoms with Gasteiger partial charge >= 0.3 is 0 Å². The first kappa shape index (κ1) is 18.3. The molecule has 1 aromatic carbocycles. The molecule has 0 spiro atoms. The second-order valence-electron chi connectivity index (χ2n) is 5.52. The van der Waals surface area contributed by atoms with Gasteiger partial charge in [0, 0.05) is 23.8 Å². The van der Waals surface area contributed by atoms with Crippen molar-refractivity contribution in [3.8, 4) is 0 Å². The molecule has 0 aliphatic carbocycles. The van der Waals surface area contributed by atoms with Gasteiger partial charge in [-0.2, -0.15) is 4.98 Å². The Hall–Kier alpha value is -2.02. The van der Waals surface area contributed by atoms with Crippen LogP contribution in [0.2, 0.25) is 0 Å². The van der Waals surface area contributed by atoms with Crippen LogP contribution < -0.4 is 5.32 Å². The van der Waals surface area contributed by atoms with Crippen molar-refractivity contribution in [3.05, 3.63) is 47.6 Å². The maximum absolute atomic E-state index is 12.0. The molecule has 2 aromatic rings. The summed E-state index contributed by atoms with van der Waals surface area (Å²) in [5.74, 6) is 0.843. The van der Waals surface area contributed by atoms with Crippen LogP contribution in [0.3, 0.4) is 0 Å². The summed E-state index contributed by atoms with van der Waals surface area (Å²) in [5, 5.41) is 6.58. The molecule has 130 valence electrons. The highest BCUT2D eigenvalue weighted by Gasteiger charge is 2.12. The molecular formula is C17H23N3O3S. The molecule has 0 radical (unpaired) electrons. The Balaban J connectivity index is 1.63. The fraction of sp³-hybridized carbons (Fsp3) is 0.471. The minimum Gasteiger partial charge on any atom is -0.355 e. The van der Waals surface area contributed by atoms with E-state index in [0.717, 1.165) is 19.3 Å². The Kier molecular flexibility index (Phi) is 7.61. The summed E-state index contributed by atoms with van der Waals surface area (Å²) in [4.78, 5) is 15.9. The number of nitrogens with zero attached hydrogens (tertiary/aromatic N) is 2. The first-order chi connectivity index (χ1) is 11.7. The van der Waals surface area contributed by atoms with Gasteiger partial charge in [0.25, 0.3) is 0 Å². The number of carbonyl (C=O) groups is 1. The summed E-state index contributed by atoms with van der Waals surface area (Å²) in [7, 11) is -1.33. The third kappa shape index (κ3) is 6.62. The van der Waals surface area contributed by atoms with Gasteiger partial charge in [0.1, 0.15) is 5.75 Å². The van der Waals surface area contributed by atoms with Crippen LogP contribution in [-0.2, 0) is 34.2 Å². The SMILES string of the molecule is CCCc1nc(C[S@@](=O)CC(=O)NCCCc2ccccc2)no1. The zero-order valence-electron chi connectivity index (χ0n) is 13.9. The van der Waals surface area contributed by atoms with Crippen molar-refractivity contribution in [2.24, 2.45) is 0 Å². The average molecular weight is 349 g/mol. The van der Waals surface area contributed by atoms with Gasteiger partial charge < -0.3 is 9.84 Å². The van der Waals surface area contributed by atoms with Crippen LogP contribution in [0.4, 0.5) is 0 Å². The molecule has 1 amide bonds. The number of hydrogen-bond acceptors (Lipinski definition) is 5. The van der Waals surface area contributed by atoms with Crippen LogP contribution in [0, 0.1) is 0 Å². The predicted molar refractivity (Wildman–Crippen MR) is 92.8 cm³/mol. The highest BCUT2D eigenvalue weighted by atomic mass is 32.2. The molecule has 6 nitrogen and oxygen atoms in total. The van der Waals surface area contributed by atoms with Crippen LogP contribution in [0.1, 0.15) is 37.0 Å². The van der Waals surface area contributed by atoms with E-state index in [1.807, 2.05) is 25.1 Å². The molecule has 1 N–H and O–H groups in total. The molecule has 7 heteroatoms. The maximum Gasteiger partial charge on any atom is 0.232 e. The van der Waals surface area contributed by atoms with Crippen molar-refractivity contribution < 1.29 is 13.5 Å². The number of aryl methyl sites for hydroxylation is 2. The van der Waals surface area contributed by atoms with Crippen molar-refractivity contribution in [3.63, 3.8) is 0 Å². The van der Waals surface area contributed by atoms with Gasteiger partial charge in [-0.25, -0.2) is 0 Å². The lowest BCUT2D eigenvalue weighted by molar-refractivity contribution is -0.118. The molecule has 0 fully saturated rings. The number of rotatable bonds is 10. The Labute approximate surface area is 144 Å². The van der Waals surface area contributed by atoms with E-state index < -0.39 is 10.8 Å². The van der Waals surface area contributed by atoms with E-state index in [2.05, 4.69) is 27.6 Å². The third-order valence-corrected chi connectivity index (χ3v) is 4.53. The van der Waals surface area contributed by atoms with E-state index in [9.17, 15) is 9.00 Å². The van der Waals surface area contributed by atoms with Crippen LogP contribution in [0.15, 0.2) is 34.9 Å². The minimum atomic E-state index is -1.33. The van der Waals surface area contributed by atoms with Crippen molar-refractivity contribution >= 4 is 16.7 Å². The monoisotopic (exact) mass is 349 g/mol. The fourth-order valence-corrected chi connectivity index (χ4v) is 3.12. The van der Waals surface area contributed by atoms with Crippen molar-refractivity contribution in [2.45, 2.75) is 38.4 Å². The summed E-state index contributed by atoms with van der Waals surface area (Å²) in [6.45, 7) is 2.60. The van der Waals surface area contributed by atoms with Crippen molar-refractivity contribution in [2.75, 3.05) is 12.3 Å². The predicted octanol–water partition coefficient (Wildman–Crippen LogP) is 2.02. The molecule has 0 saturated heterocycles. The van der Waals surface area contributed by atoms with Crippen LogP contribution >= 0.6 is 0 Å². The highest BCUT2D eigenvalue weighted by molar-refractivity contribution is 7.84. The van der Waals surface area contributed by atoms with E-state index in [-0.39, 0.29) is 17.4 Å². The van der Waals surface area contributed by atoms with E-state index in [1.54, 1.807) is 0 Å². The van der Waals surface area contributed by atoms with E-state index in [4.69, 9.17) is 4.52 Å². The molecule has 0 unspecified atom stereocenters. The number of hydrogen-bond donors (Lipinski definition) is 1. The number of amides is 1. The summed E-state index contributed by atoms with van der Waals surface area (Å²) < 4.78 is 17.0. The largest absolute Gasteiger partial charge is 0.355 e. The van der Waals surface area contributed by atoms with Crippen molar-refractivity contribution in [1.29, 1.82) is 0 Å². The van der Waals surface area contributed by atoms with Gasteiger partial charge in [0.15, 0.2) is 5.82 Å². The van der Waals surface area contributed by atoms with Crippen molar-refractivity contribution in [1.82, 2.24) is 15.5 Å². The molecule has 0 bridgehead atoms. The molecule has 1 atom stereocenters. The lowest BCUT2D eigenvalue weighted by Gasteiger charge is -2.05. The van der Waals surface area contributed by atoms with Gasteiger partial charge in [0.2, 0.25) is 11.8 Å². The first-order valence-electron chi connectivity index (χ1n) is 8.14. The van der Waals surface area contributed by atoms with Gasteiger partial charge in [-0.3, -0.25) is 9.00 Å². The Morgan fingerprint density at radius 3 is 2.79 bits per heavy atom. The zero-order chi connectivity index (χ0) is 17.2. The maximum atomic E-state index is 12.0. The summed E-state index contributed by atoms with van der Waals surface area (Å²) in [5.41, 5.74) is 1.25. The molecule has 0 aliphatic rings. The van der Waals surface area contributed by atoms with Gasteiger partial charge in [0.05, 0.1) is 5.75 Å². The molecular weight excluding hydrogens is 326 g/mol. The van der Waals surface area contributed by atoms with E-state index >= 15 is 0 Å². The Bertz CT molecular complexity index is 658. The van der Waals surface area contributed by atoms with Crippen LogP contribution in [0.25, 0.3) is 0 Å². The normalized spacial score (nSPS) is 12.0. The van der Waals surface area contributed by atoms with Crippen LogP contribution in [0.5, 0.6) is 0 Å². The number of nitrogens with one attached hydrogen (secondary N) is 1. The molecule has 2 rings (SSSR count). The number of carbonyl (C=O) groups excluding carboxylic acids is 1. The molecule has 0 saturated carbocycles. The average Bonchev–Trinajstić information content (AvgIpc) is 3.00. The first-order valence-corrected chi connectivity index (χ1v) is 9.63. The standard InChI is InChI=1S/C17H23N3O3S/c1-2-7-17-19-15(20-23-17)12-24(22)13-16(21)18-11-6-10-14-8-4-3-5-9-14/h3-5,8-9H,2,6-7,10-13H2,1H3,(H,18,21)/t24-/m1/s1. The lowest BCUT2D eigenvalue weighted by atomic mass is 10.1. The molecule has 1 heterocycles. The van der Waals surface area contributed by atoms with Gasteiger partial charge in [-0.05, 0) is 24.8 Å². The summed E-state index contributed by atoms with van der Waals surface area (Å²) in [6, 6.07) is 10.1. The second-order valence-corrected chi connectivity index (χ2v) is 6.98. The Morgan fingerprint density at radius 2 is 2.04 bits per heavy atom. The minimum absolute atomic E-state index is 0.0387.